The van der Waals surface area contributed by atoms with Crippen LogP contribution in [0.15, 0.2) is 35.5 Å². The molecule has 6 nitrogen and oxygen atoms in total. The van der Waals surface area contributed by atoms with E-state index in [1.807, 2.05) is 41.9 Å². The maximum absolute atomic E-state index is 11.1. The van der Waals surface area contributed by atoms with Crippen molar-refractivity contribution in [1.82, 2.24) is 14.8 Å². The molecule has 8 heteroatoms. The summed E-state index contributed by atoms with van der Waals surface area (Å²) in [5, 5.41) is 8.93. The van der Waals surface area contributed by atoms with Crippen LogP contribution in [0.4, 0.5) is 0 Å². The van der Waals surface area contributed by atoms with Crippen LogP contribution in [0, 0.1) is 0 Å². The third-order valence-corrected chi connectivity index (χ3v) is 5.41. The molecule has 0 radical (unpaired) electrons. The Morgan fingerprint density at radius 3 is 2.59 bits per heavy atom. The molecule has 0 aliphatic carbocycles. The molecule has 0 fully saturated rings. The van der Waals surface area contributed by atoms with E-state index in [4.69, 9.17) is 5.73 Å². The molecule has 0 saturated carbocycles. The van der Waals surface area contributed by atoms with E-state index < -0.39 is 9.84 Å². The zero-order valence-corrected chi connectivity index (χ0v) is 14.3. The maximum Gasteiger partial charge on any atom is 0.191 e. The van der Waals surface area contributed by atoms with Crippen molar-refractivity contribution in [3.8, 4) is 0 Å². The van der Waals surface area contributed by atoms with Crippen molar-refractivity contribution in [3.63, 3.8) is 0 Å². The summed E-state index contributed by atoms with van der Waals surface area (Å²) in [7, 11) is -1.11. The molecule has 0 bridgehead atoms. The molecule has 0 amide bonds. The van der Waals surface area contributed by atoms with Crippen LogP contribution in [-0.2, 0) is 23.3 Å². The van der Waals surface area contributed by atoms with Crippen LogP contribution < -0.4 is 5.73 Å². The lowest BCUT2D eigenvalue weighted by Gasteiger charge is -2.11. The monoisotopic (exact) mass is 340 g/mol. The SMILES string of the molecule is Cn1c(SCCS(C)(=O)=O)nnc1[C@H](N)Cc1ccccc1. The molecule has 1 aromatic heterocycles. The summed E-state index contributed by atoms with van der Waals surface area (Å²) in [5.41, 5.74) is 7.35. The Labute approximate surface area is 135 Å². The molecule has 0 spiro atoms. The molecule has 1 atom stereocenters. The molecule has 0 aliphatic heterocycles. The first-order valence-corrected chi connectivity index (χ1v) is 9.91. The summed E-state index contributed by atoms with van der Waals surface area (Å²) in [4.78, 5) is 0. The van der Waals surface area contributed by atoms with E-state index in [0.29, 0.717) is 23.2 Å². The van der Waals surface area contributed by atoms with E-state index in [-0.39, 0.29) is 11.8 Å². The topological polar surface area (TPSA) is 90.9 Å². The second-order valence-electron chi connectivity index (χ2n) is 5.17. The second-order valence-corrected chi connectivity index (χ2v) is 8.50. The number of hydrogen-bond donors (Lipinski definition) is 1. The number of nitrogens with zero attached hydrogens (tertiary/aromatic N) is 3. The van der Waals surface area contributed by atoms with Crippen LogP contribution in [0.25, 0.3) is 0 Å². The number of thioether (sulfide) groups is 1. The van der Waals surface area contributed by atoms with Gasteiger partial charge in [0.1, 0.15) is 9.84 Å². The Hall–Kier alpha value is -1.38. The Bertz CT molecular complexity index is 714. The highest BCUT2D eigenvalue weighted by Gasteiger charge is 2.17. The molecule has 22 heavy (non-hydrogen) atoms. The summed E-state index contributed by atoms with van der Waals surface area (Å²) < 4.78 is 24.1. The minimum Gasteiger partial charge on any atom is -0.321 e. The quantitative estimate of drug-likeness (QED) is 0.762. The summed E-state index contributed by atoms with van der Waals surface area (Å²) in [6.07, 6.45) is 1.91. The van der Waals surface area contributed by atoms with Crippen molar-refractivity contribution in [2.45, 2.75) is 17.6 Å². The zero-order chi connectivity index (χ0) is 16.2. The van der Waals surface area contributed by atoms with E-state index in [0.717, 1.165) is 5.56 Å². The Morgan fingerprint density at radius 2 is 1.95 bits per heavy atom. The van der Waals surface area contributed by atoms with Crippen molar-refractivity contribution in [2.24, 2.45) is 12.8 Å². The number of hydrogen-bond acceptors (Lipinski definition) is 6. The molecular formula is C14H20N4O2S2. The predicted molar refractivity (Wildman–Crippen MR) is 88.5 cm³/mol. The molecule has 2 N–H and O–H groups in total. The second kappa shape index (κ2) is 7.26. The highest BCUT2D eigenvalue weighted by Crippen LogP contribution is 2.20. The fourth-order valence-corrected chi connectivity index (χ4v) is 4.13. The maximum atomic E-state index is 11.1. The highest BCUT2D eigenvalue weighted by molar-refractivity contribution is 8.00. The lowest BCUT2D eigenvalue weighted by molar-refractivity contribution is 0.603. The van der Waals surface area contributed by atoms with Crippen molar-refractivity contribution in [1.29, 1.82) is 0 Å². The van der Waals surface area contributed by atoms with Crippen molar-refractivity contribution in [3.05, 3.63) is 41.7 Å². The van der Waals surface area contributed by atoms with Crippen LogP contribution in [0.5, 0.6) is 0 Å². The molecular weight excluding hydrogens is 320 g/mol. The van der Waals surface area contributed by atoms with Gasteiger partial charge in [-0.3, -0.25) is 0 Å². The molecule has 2 rings (SSSR count). The van der Waals surface area contributed by atoms with Crippen molar-refractivity contribution in [2.75, 3.05) is 17.8 Å². The molecule has 1 heterocycles. The molecule has 2 aromatic rings. The standard InChI is InChI=1S/C14H20N4O2S2/c1-18-13(12(15)10-11-6-4-3-5-7-11)16-17-14(18)21-8-9-22(2,19)20/h3-7,12H,8-10,15H2,1-2H3/t12-/m1/s1. The predicted octanol–water partition coefficient (Wildman–Crippen LogP) is 1.19. The van der Waals surface area contributed by atoms with Gasteiger partial charge in [0, 0.05) is 19.1 Å². The largest absolute Gasteiger partial charge is 0.321 e. The molecule has 0 saturated heterocycles. The Balaban J connectivity index is 2.00. The third kappa shape index (κ3) is 4.82. The average molecular weight is 340 g/mol. The van der Waals surface area contributed by atoms with E-state index in [9.17, 15) is 8.42 Å². The Morgan fingerprint density at radius 1 is 1.27 bits per heavy atom. The lowest BCUT2D eigenvalue weighted by atomic mass is 10.1. The van der Waals surface area contributed by atoms with Gasteiger partial charge in [-0.1, -0.05) is 42.1 Å². The number of rotatable bonds is 7. The molecule has 120 valence electrons. The third-order valence-electron chi connectivity index (χ3n) is 3.18. The van der Waals surface area contributed by atoms with Gasteiger partial charge in [0.05, 0.1) is 11.8 Å². The van der Waals surface area contributed by atoms with Crippen LogP contribution in [0.2, 0.25) is 0 Å². The van der Waals surface area contributed by atoms with Gasteiger partial charge in [0.25, 0.3) is 0 Å². The molecule has 0 unspecified atom stereocenters. The first kappa shape index (κ1) is 17.0. The van der Waals surface area contributed by atoms with Gasteiger partial charge >= 0.3 is 0 Å². The Kier molecular flexibility index (Phi) is 5.60. The van der Waals surface area contributed by atoms with Crippen LogP contribution in [0.3, 0.4) is 0 Å². The van der Waals surface area contributed by atoms with Gasteiger partial charge in [0.15, 0.2) is 11.0 Å². The molecule has 0 aliphatic rings. The zero-order valence-electron chi connectivity index (χ0n) is 12.6. The highest BCUT2D eigenvalue weighted by atomic mass is 32.2. The fourth-order valence-electron chi connectivity index (χ4n) is 2.02. The first-order valence-electron chi connectivity index (χ1n) is 6.86. The van der Waals surface area contributed by atoms with E-state index >= 15 is 0 Å². The summed E-state index contributed by atoms with van der Waals surface area (Å²) >= 11 is 1.37. The van der Waals surface area contributed by atoms with E-state index in [1.165, 1.54) is 18.0 Å². The molecule has 1 aromatic carbocycles. The number of benzene rings is 1. The number of nitrogens with two attached hydrogens (primary N) is 1. The lowest BCUT2D eigenvalue weighted by Crippen LogP contribution is -2.18. The van der Waals surface area contributed by atoms with Crippen molar-refractivity contribution >= 4 is 21.6 Å². The minimum absolute atomic E-state index is 0.121. The number of aromatic nitrogens is 3. The van der Waals surface area contributed by atoms with Gasteiger partial charge in [0.2, 0.25) is 0 Å². The summed E-state index contributed by atoms with van der Waals surface area (Å²) in [6, 6.07) is 9.73. The van der Waals surface area contributed by atoms with Crippen molar-refractivity contribution < 1.29 is 8.42 Å². The van der Waals surface area contributed by atoms with E-state index in [2.05, 4.69) is 10.2 Å². The fraction of sp³-hybridized carbons (Fsp3) is 0.429. The van der Waals surface area contributed by atoms with Gasteiger partial charge in [-0.2, -0.15) is 0 Å². The van der Waals surface area contributed by atoms with E-state index in [1.54, 1.807) is 0 Å². The smallest absolute Gasteiger partial charge is 0.191 e. The summed E-state index contributed by atoms with van der Waals surface area (Å²) in [6.45, 7) is 0. The first-order chi connectivity index (χ1) is 10.4. The minimum atomic E-state index is -2.96. The van der Waals surface area contributed by atoms with Gasteiger partial charge in [-0.25, -0.2) is 8.42 Å². The van der Waals surface area contributed by atoms with Gasteiger partial charge in [-0.15, -0.1) is 10.2 Å². The van der Waals surface area contributed by atoms with Crippen LogP contribution in [-0.4, -0.2) is 40.9 Å². The van der Waals surface area contributed by atoms with Crippen LogP contribution >= 0.6 is 11.8 Å². The van der Waals surface area contributed by atoms with Gasteiger partial charge in [-0.05, 0) is 12.0 Å². The normalized spacial score (nSPS) is 13.2. The van der Waals surface area contributed by atoms with Crippen LogP contribution in [0.1, 0.15) is 17.4 Å². The van der Waals surface area contributed by atoms with Gasteiger partial charge < -0.3 is 10.3 Å². The average Bonchev–Trinajstić information content (AvgIpc) is 2.80. The number of sulfone groups is 1. The summed E-state index contributed by atoms with van der Waals surface area (Å²) in [5.74, 6) is 1.28.